The van der Waals surface area contributed by atoms with E-state index in [4.69, 9.17) is 10.5 Å². The van der Waals surface area contributed by atoms with Gasteiger partial charge in [-0.05, 0) is 30.7 Å². The number of amides is 1. The Morgan fingerprint density at radius 3 is 2.48 bits per heavy atom. The molecule has 1 amide bonds. The Kier molecular flexibility index (Phi) is 4.98. The summed E-state index contributed by atoms with van der Waals surface area (Å²) in [6.07, 6.45) is 0.189. The van der Waals surface area contributed by atoms with E-state index >= 15 is 0 Å². The van der Waals surface area contributed by atoms with Crippen molar-refractivity contribution in [3.8, 4) is 5.75 Å². The average molecular weight is 375 g/mol. The second-order valence-corrected chi connectivity index (χ2v) is 6.61. The first-order chi connectivity index (χ1) is 11.1. The number of carbonyl (C=O) groups is 1. The third-order valence-corrected chi connectivity index (χ3v) is 4.46. The summed E-state index contributed by atoms with van der Waals surface area (Å²) < 4.78 is 6.98. The van der Waals surface area contributed by atoms with Gasteiger partial charge < -0.3 is 15.4 Å². The van der Waals surface area contributed by atoms with Crippen LogP contribution < -0.4 is 10.5 Å². The fraction of sp³-hybridized carbons (Fsp3) is 0.278. The molecule has 0 spiro atoms. The van der Waals surface area contributed by atoms with Crippen LogP contribution in [0.1, 0.15) is 18.1 Å². The summed E-state index contributed by atoms with van der Waals surface area (Å²) >= 11 is 3.40. The summed E-state index contributed by atoms with van der Waals surface area (Å²) in [5.74, 6) is 0.631. The number of ether oxygens (including phenoxy) is 1. The highest BCUT2D eigenvalue weighted by molar-refractivity contribution is 9.10. The number of nitrogens with zero attached hydrogens (tertiary/aromatic N) is 1. The largest absolute Gasteiger partial charge is 0.476 e. The Morgan fingerprint density at radius 2 is 1.87 bits per heavy atom. The van der Waals surface area contributed by atoms with Crippen LogP contribution in [0.4, 0.5) is 0 Å². The van der Waals surface area contributed by atoms with E-state index in [0.29, 0.717) is 18.8 Å². The van der Waals surface area contributed by atoms with Gasteiger partial charge in [-0.2, -0.15) is 0 Å². The van der Waals surface area contributed by atoms with Crippen LogP contribution in [-0.4, -0.2) is 29.9 Å². The van der Waals surface area contributed by atoms with Crippen molar-refractivity contribution in [1.29, 1.82) is 0 Å². The molecule has 1 aliphatic rings. The molecule has 23 heavy (non-hydrogen) atoms. The SMILES string of the molecule is N[C@@H]1CCN(C(=O)C(Oc2ccc(Br)cc2)c2ccccc2)C1. The highest BCUT2D eigenvalue weighted by Gasteiger charge is 2.31. The molecule has 5 heteroatoms. The Morgan fingerprint density at radius 1 is 1.17 bits per heavy atom. The van der Waals surface area contributed by atoms with E-state index in [0.717, 1.165) is 16.5 Å². The predicted molar refractivity (Wildman–Crippen MR) is 93.1 cm³/mol. The Bertz CT molecular complexity index is 660. The Balaban J connectivity index is 1.84. The van der Waals surface area contributed by atoms with Gasteiger partial charge in [-0.1, -0.05) is 46.3 Å². The van der Waals surface area contributed by atoms with Gasteiger partial charge in [0.05, 0.1) is 0 Å². The van der Waals surface area contributed by atoms with E-state index in [1.165, 1.54) is 0 Å². The molecule has 0 aromatic heterocycles. The maximum absolute atomic E-state index is 12.9. The van der Waals surface area contributed by atoms with Crippen LogP contribution in [0.25, 0.3) is 0 Å². The molecule has 2 aromatic rings. The molecule has 1 fully saturated rings. The van der Waals surface area contributed by atoms with Crippen molar-refractivity contribution in [2.24, 2.45) is 5.73 Å². The molecule has 0 aliphatic carbocycles. The number of carbonyl (C=O) groups excluding carboxylic acids is 1. The van der Waals surface area contributed by atoms with Gasteiger partial charge in [0.25, 0.3) is 5.91 Å². The molecule has 4 nitrogen and oxygen atoms in total. The van der Waals surface area contributed by atoms with E-state index in [1.54, 1.807) is 4.90 Å². The molecular weight excluding hydrogens is 356 g/mol. The van der Waals surface area contributed by atoms with Crippen LogP contribution in [0.3, 0.4) is 0 Å². The van der Waals surface area contributed by atoms with Gasteiger partial charge in [0.1, 0.15) is 5.75 Å². The lowest BCUT2D eigenvalue weighted by molar-refractivity contribution is -0.138. The van der Waals surface area contributed by atoms with E-state index < -0.39 is 6.10 Å². The number of nitrogens with two attached hydrogens (primary N) is 1. The molecular formula is C18H19BrN2O2. The van der Waals surface area contributed by atoms with Crippen LogP contribution in [0.15, 0.2) is 59.1 Å². The van der Waals surface area contributed by atoms with Crippen LogP contribution in [-0.2, 0) is 4.79 Å². The average Bonchev–Trinajstić information content (AvgIpc) is 3.01. The number of likely N-dealkylation sites (tertiary alicyclic amines) is 1. The van der Waals surface area contributed by atoms with E-state index in [-0.39, 0.29) is 11.9 Å². The van der Waals surface area contributed by atoms with Gasteiger partial charge >= 0.3 is 0 Å². The summed E-state index contributed by atoms with van der Waals surface area (Å²) in [7, 11) is 0. The molecule has 120 valence electrons. The number of hydrogen-bond acceptors (Lipinski definition) is 3. The summed E-state index contributed by atoms with van der Waals surface area (Å²) in [5.41, 5.74) is 6.78. The third kappa shape index (κ3) is 3.92. The quantitative estimate of drug-likeness (QED) is 0.894. The first-order valence-corrected chi connectivity index (χ1v) is 8.44. The normalized spacial score (nSPS) is 18.7. The van der Waals surface area contributed by atoms with Crippen molar-refractivity contribution in [2.75, 3.05) is 13.1 Å². The molecule has 1 saturated heterocycles. The molecule has 0 bridgehead atoms. The predicted octanol–water partition coefficient (Wildman–Crippen LogP) is 3.13. The second kappa shape index (κ2) is 7.15. The van der Waals surface area contributed by atoms with E-state index in [2.05, 4.69) is 15.9 Å². The molecule has 3 rings (SSSR count). The van der Waals surface area contributed by atoms with Gasteiger partial charge in [-0.3, -0.25) is 4.79 Å². The minimum absolute atomic E-state index is 0.0351. The monoisotopic (exact) mass is 374 g/mol. The minimum atomic E-state index is -0.650. The van der Waals surface area contributed by atoms with Gasteiger partial charge in [0.15, 0.2) is 0 Å². The van der Waals surface area contributed by atoms with Crippen molar-refractivity contribution >= 4 is 21.8 Å². The zero-order chi connectivity index (χ0) is 16.2. The number of rotatable bonds is 4. The molecule has 2 atom stereocenters. The number of halogens is 1. The van der Waals surface area contributed by atoms with Crippen molar-refractivity contribution in [3.05, 3.63) is 64.6 Å². The lowest BCUT2D eigenvalue weighted by Gasteiger charge is -2.24. The zero-order valence-corrected chi connectivity index (χ0v) is 14.3. The fourth-order valence-corrected chi connectivity index (χ4v) is 2.96. The topological polar surface area (TPSA) is 55.6 Å². The van der Waals surface area contributed by atoms with E-state index in [9.17, 15) is 4.79 Å². The number of hydrogen-bond donors (Lipinski definition) is 1. The molecule has 1 heterocycles. The van der Waals surface area contributed by atoms with Gasteiger partial charge in [0.2, 0.25) is 6.10 Å². The molecule has 1 unspecified atom stereocenters. The smallest absolute Gasteiger partial charge is 0.268 e. The summed E-state index contributed by atoms with van der Waals surface area (Å²) in [4.78, 5) is 14.7. The van der Waals surface area contributed by atoms with Crippen molar-refractivity contribution in [3.63, 3.8) is 0 Å². The maximum Gasteiger partial charge on any atom is 0.268 e. The molecule has 0 radical (unpaired) electrons. The Labute approximate surface area is 144 Å². The third-order valence-electron chi connectivity index (χ3n) is 3.93. The molecule has 2 aromatic carbocycles. The zero-order valence-electron chi connectivity index (χ0n) is 12.7. The van der Waals surface area contributed by atoms with Crippen LogP contribution >= 0.6 is 15.9 Å². The van der Waals surface area contributed by atoms with Gasteiger partial charge in [0, 0.05) is 29.2 Å². The molecule has 1 aliphatic heterocycles. The van der Waals surface area contributed by atoms with Crippen molar-refractivity contribution in [1.82, 2.24) is 4.90 Å². The Hall–Kier alpha value is -1.85. The number of benzene rings is 2. The lowest BCUT2D eigenvalue weighted by Crippen LogP contribution is -2.37. The van der Waals surface area contributed by atoms with E-state index in [1.807, 2.05) is 54.6 Å². The first-order valence-electron chi connectivity index (χ1n) is 7.65. The summed E-state index contributed by atoms with van der Waals surface area (Å²) in [6.45, 7) is 1.28. The van der Waals surface area contributed by atoms with Gasteiger partial charge in [-0.25, -0.2) is 0 Å². The molecule has 0 saturated carbocycles. The van der Waals surface area contributed by atoms with Crippen LogP contribution in [0, 0.1) is 0 Å². The summed E-state index contributed by atoms with van der Waals surface area (Å²) in [5, 5.41) is 0. The summed E-state index contributed by atoms with van der Waals surface area (Å²) in [6, 6.07) is 17.1. The first kappa shape index (κ1) is 16.0. The second-order valence-electron chi connectivity index (χ2n) is 5.70. The van der Waals surface area contributed by atoms with Crippen LogP contribution in [0.2, 0.25) is 0 Å². The fourth-order valence-electron chi connectivity index (χ4n) is 2.69. The van der Waals surface area contributed by atoms with Crippen LogP contribution in [0.5, 0.6) is 5.75 Å². The minimum Gasteiger partial charge on any atom is -0.476 e. The van der Waals surface area contributed by atoms with Gasteiger partial charge in [-0.15, -0.1) is 0 Å². The maximum atomic E-state index is 12.9. The standard InChI is InChI=1S/C18H19BrN2O2/c19-14-6-8-16(9-7-14)23-17(13-4-2-1-3-5-13)18(22)21-11-10-15(20)12-21/h1-9,15,17H,10-12,20H2/t15-,17?/m1/s1. The molecule has 2 N–H and O–H groups in total. The van der Waals surface area contributed by atoms with Crippen molar-refractivity contribution in [2.45, 2.75) is 18.6 Å². The highest BCUT2D eigenvalue weighted by atomic mass is 79.9. The lowest BCUT2D eigenvalue weighted by atomic mass is 10.1. The van der Waals surface area contributed by atoms with Crippen molar-refractivity contribution < 1.29 is 9.53 Å². The highest BCUT2D eigenvalue weighted by Crippen LogP contribution is 2.26.